The van der Waals surface area contributed by atoms with Crippen molar-refractivity contribution in [3.8, 4) is 11.3 Å². The number of benzene rings is 2. The van der Waals surface area contributed by atoms with E-state index >= 15 is 0 Å². The van der Waals surface area contributed by atoms with E-state index < -0.39 is 32.4 Å². The Morgan fingerprint density at radius 1 is 1.04 bits per heavy atom. The van der Waals surface area contributed by atoms with Crippen LogP contribution in [0, 0.1) is 31.3 Å². The summed E-state index contributed by atoms with van der Waals surface area (Å²) in [5.41, 5.74) is 3.37. The largest absolute Gasteiger partial charge is 0.266 e. The summed E-state index contributed by atoms with van der Waals surface area (Å²) in [6, 6.07) is 6.99. The van der Waals surface area contributed by atoms with E-state index in [0.717, 1.165) is 28.0 Å². The molecule has 0 saturated heterocycles. The van der Waals surface area contributed by atoms with Gasteiger partial charge in [0.15, 0.2) is 22.6 Å². The van der Waals surface area contributed by atoms with Gasteiger partial charge in [-0.15, -0.1) is 11.3 Å². The average molecular weight is 398 g/mol. The van der Waals surface area contributed by atoms with Gasteiger partial charge in [-0.25, -0.2) is 26.6 Å². The summed E-state index contributed by atoms with van der Waals surface area (Å²) < 4.78 is 66.7. The number of hydrogen-bond acceptors (Lipinski definition) is 4. The van der Waals surface area contributed by atoms with Gasteiger partial charge in [0.2, 0.25) is 0 Å². The van der Waals surface area contributed by atoms with Gasteiger partial charge in [-0.3, -0.25) is 4.72 Å². The normalized spacial score (nSPS) is 11.6. The molecule has 0 aliphatic rings. The Hall–Kier alpha value is -2.39. The summed E-state index contributed by atoms with van der Waals surface area (Å²) in [5.74, 6) is -5.08. The summed E-state index contributed by atoms with van der Waals surface area (Å²) >= 11 is 1.00. The molecule has 3 aromatic rings. The van der Waals surface area contributed by atoms with Gasteiger partial charge in [-0.05, 0) is 37.6 Å². The Kier molecular flexibility index (Phi) is 4.76. The number of aryl methyl sites for hydroxylation is 2. The fourth-order valence-corrected chi connectivity index (χ4v) is 4.38. The number of anilines is 1. The minimum Gasteiger partial charge on any atom is -0.255 e. The van der Waals surface area contributed by atoms with Crippen LogP contribution in [0.3, 0.4) is 0 Å². The molecule has 9 heteroatoms. The molecule has 136 valence electrons. The number of nitrogens with zero attached hydrogens (tertiary/aromatic N) is 1. The molecule has 0 radical (unpaired) electrons. The second-order valence-electron chi connectivity index (χ2n) is 5.64. The zero-order valence-corrected chi connectivity index (χ0v) is 15.3. The molecule has 0 aliphatic carbocycles. The van der Waals surface area contributed by atoms with Gasteiger partial charge in [0.05, 0.1) is 5.69 Å². The highest BCUT2D eigenvalue weighted by Gasteiger charge is 2.25. The second kappa shape index (κ2) is 6.73. The van der Waals surface area contributed by atoms with Crippen LogP contribution in [-0.4, -0.2) is 13.4 Å². The quantitative estimate of drug-likeness (QED) is 0.651. The van der Waals surface area contributed by atoms with Gasteiger partial charge in [0.1, 0.15) is 4.90 Å². The maximum atomic E-state index is 13.8. The number of nitrogens with one attached hydrogen (secondary N) is 1. The van der Waals surface area contributed by atoms with E-state index in [0.29, 0.717) is 17.8 Å². The molecule has 1 heterocycles. The van der Waals surface area contributed by atoms with Gasteiger partial charge >= 0.3 is 0 Å². The first-order valence-corrected chi connectivity index (χ1v) is 9.75. The van der Waals surface area contributed by atoms with E-state index in [-0.39, 0.29) is 5.13 Å². The number of sulfonamides is 1. The van der Waals surface area contributed by atoms with Crippen molar-refractivity contribution in [3.05, 3.63) is 64.3 Å². The van der Waals surface area contributed by atoms with Crippen LogP contribution in [-0.2, 0) is 10.0 Å². The Balaban J connectivity index is 1.94. The summed E-state index contributed by atoms with van der Waals surface area (Å²) in [6.07, 6.45) is 0. The SMILES string of the molecule is Cc1ccc(C)c(-c2csc(NS(=O)(=O)c3ccc(F)c(F)c3F)n2)c1. The molecular weight excluding hydrogens is 385 g/mol. The van der Waals surface area contributed by atoms with Crippen molar-refractivity contribution in [3.63, 3.8) is 0 Å². The zero-order valence-electron chi connectivity index (χ0n) is 13.7. The molecule has 4 nitrogen and oxygen atoms in total. The molecular formula is C17H13F3N2O2S2. The van der Waals surface area contributed by atoms with E-state index in [2.05, 4.69) is 9.71 Å². The zero-order chi connectivity index (χ0) is 19.1. The fourth-order valence-electron chi connectivity index (χ4n) is 2.34. The first kappa shape index (κ1) is 18.4. The lowest BCUT2D eigenvalue weighted by Crippen LogP contribution is -2.15. The Labute approximate surface area is 152 Å². The van der Waals surface area contributed by atoms with E-state index in [1.54, 1.807) is 5.38 Å². The van der Waals surface area contributed by atoms with Crippen LogP contribution >= 0.6 is 11.3 Å². The molecule has 0 bridgehead atoms. The van der Waals surface area contributed by atoms with Gasteiger partial charge in [0, 0.05) is 10.9 Å². The van der Waals surface area contributed by atoms with E-state index in [4.69, 9.17) is 0 Å². The van der Waals surface area contributed by atoms with Gasteiger partial charge in [-0.2, -0.15) is 0 Å². The van der Waals surface area contributed by atoms with Crippen molar-refractivity contribution in [1.82, 2.24) is 4.98 Å². The van der Waals surface area contributed by atoms with Crippen LogP contribution < -0.4 is 4.72 Å². The average Bonchev–Trinajstić information content (AvgIpc) is 3.02. The first-order chi connectivity index (χ1) is 12.2. The van der Waals surface area contributed by atoms with Crippen molar-refractivity contribution < 1.29 is 21.6 Å². The number of thiazole rings is 1. The minimum absolute atomic E-state index is 0.00922. The molecule has 0 atom stereocenters. The van der Waals surface area contributed by atoms with Crippen LogP contribution in [0.5, 0.6) is 0 Å². The second-order valence-corrected chi connectivity index (χ2v) is 8.14. The van der Waals surface area contributed by atoms with Crippen LogP contribution in [0.1, 0.15) is 11.1 Å². The summed E-state index contributed by atoms with van der Waals surface area (Å²) in [4.78, 5) is 3.21. The number of halogens is 3. The molecule has 0 unspecified atom stereocenters. The first-order valence-electron chi connectivity index (χ1n) is 7.38. The van der Waals surface area contributed by atoms with E-state index in [1.165, 1.54) is 0 Å². The van der Waals surface area contributed by atoms with Crippen molar-refractivity contribution in [2.45, 2.75) is 18.7 Å². The predicted molar refractivity (Wildman–Crippen MR) is 94.1 cm³/mol. The van der Waals surface area contributed by atoms with Crippen molar-refractivity contribution in [2.75, 3.05) is 4.72 Å². The van der Waals surface area contributed by atoms with Crippen LogP contribution in [0.4, 0.5) is 18.3 Å². The maximum absolute atomic E-state index is 13.8. The van der Waals surface area contributed by atoms with Crippen molar-refractivity contribution in [1.29, 1.82) is 0 Å². The van der Waals surface area contributed by atoms with Gasteiger partial charge < -0.3 is 0 Å². The highest BCUT2D eigenvalue weighted by atomic mass is 32.2. The lowest BCUT2D eigenvalue weighted by atomic mass is 10.0. The highest BCUT2D eigenvalue weighted by molar-refractivity contribution is 7.93. The van der Waals surface area contributed by atoms with Crippen LogP contribution in [0.2, 0.25) is 0 Å². The van der Waals surface area contributed by atoms with E-state index in [9.17, 15) is 21.6 Å². The molecule has 2 aromatic carbocycles. The van der Waals surface area contributed by atoms with Crippen LogP contribution in [0.15, 0.2) is 40.6 Å². The summed E-state index contributed by atoms with van der Waals surface area (Å²) in [6.45, 7) is 3.82. The third-order valence-corrected chi connectivity index (χ3v) is 5.93. The number of rotatable bonds is 4. The highest BCUT2D eigenvalue weighted by Crippen LogP contribution is 2.30. The minimum atomic E-state index is -4.45. The molecule has 26 heavy (non-hydrogen) atoms. The van der Waals surface area contributed by atoms with Crippen molar-refractivity contribution in [2.24, 2.45) is 0 Å². The molecule has 1 aromatic heterocycles. The smallest absolute Gasteiger partial charge is 0.255 e. The van der Waals surface area contributed by atoms with Crippen molar-refractivity contribution >= 4 is 26.5 Å². The maximum Gasteiger partial charge on any atom is 0.266 e. The molecule has 1 N–H and O–H groups in total. The predicted octanol–water partition coefficient (Wildman–Crippen LogP) is 4.65. The summed E-state index contributed by atoms with van der Waals surface area (Å²) in [7, 11) is -4.45. The van der Waals surface area contributed by atoms with Gasteiger partial charge in [0.25, 0.3) is 10.0 Å². The number of hydrogen-bond donors (Lipinski definition) is 1. The summed E-state index contributed by atoms with van der Waals surface area (Å²) in [5, 5.41) is 1.64. The van der Waals surface area contributed by atoms with Gasteiger partial charge in [-0.1, -0.05) is 17.7 Å². The van der Waals surface area contributed by atoms with Crippen LogP contribution in [0.25, 0.3) is 11.3 Å². The van der Waals surface area contributed by atoms with E-state index in [1.807, 2.05) is 32.0 Å². The molecule has 0 amide bonds. The Bertz CT molecular complexity index is 1100. The molecule has 0 spiro atoms. The Morgan fingerprint density at radius 3 is 2.50 bits per heavy atom. The topological polar surface area (TPSA) is 59.1 Å². The molecule has 0 fully saturated rings. The lowest BCUT2D eigenvalue weighted by molar-refractivity contribution is 0.432. The molecule has 0 saturated carbocycles. The molecule has 0 aliphatic heterocycles. The lowest BCUT2D eigenvalue weighted by Gasteiger charge is -2.07. The fraction of sp³-hybridized carbons (Fsp3) is 0.118. The molecule has 3 rings (SSSR count). The third-order valence-electron chi connectivity index (χ3n) is 3.68. The Morgan fingerprint density at radius 2 is 1.77 bits per heavy atom. The number of aromatic nitrogens is 1. The monoisotopic (exact) mass is 398 g/mol. The standard InChI is InChI=1S/C17H13F3N2O2S2/c1-9-3-4-10(2)11(7-9)13-8-25-17(21-13)22-26(23,24)14-6-5-12(18)15(19)16(14)20/h3-8H,1-2H3,(H,21,22). The third kappa shape index (κ3) is 3.45.